The molecule has 14 nitrogen and oxygen atoms in total. The average Bonchev–Trinajstić information content (AvgIpc) is 3.30. The molecule has 0 bridgehead atoms. The number of nitrogens with zero attached hydrogens (tertiary/aromatic N) is 9. The van der Waals surface area contributed by atoms with E-state index >= 15 is 0 Å². The van der Waals surface area contributed by atoms with Gasteiger partial charge in [0.25, 0.3) is 11.8 Å². The molecule has 9 rings (SSSR count). The highest BCUT2D eigenvalue weighted by Gasteiger charge is 2.60. The Labute approximate surface area is 391 Å². The lowest BCUT2D eigenvalue weighted by atomic mass is 9.83. The highest BCUT2D eigenvalue weighted by atomic mass is 19.4. The Hall–Kier alpha value is -8.28. The molecule has 20 heteroatoms. The molecule has 1 aromatic heterocycles. The Morgan fingerprint density at radius 2 is 0.942 bits per heavy atom. The maximum absolute atomic E-state index is 13.9. The fourth-order valence-electron chi connectivity index (χ4n) is 8.48. The lowest BCUT2D eigenvalue weighted by Crippen LogP contribution is -2.81. The summed E-state index contributed by atoms with van der Waals surface area (Å²) in [6, 6.07) is 31.1. The van der Waals surface area contributed by atoms with Gasteiger partial charge in [-0.25, -0.2) is 4.98 Å². The number of nitriles is 3. The van der Waals surface area contributed by atoms with Crippen LogP contribution in [0.25, 0.3) is 0 Å². The lowest BCUT2D eigenvalue weighted by molar-refractivity contribution is -0.155. The SMILES string of the molecule is C.N#Cc1ccc(N2CC(=O)N(Cc3ccc(C(F)(F)F)cc3)C3(CN(c4ccc(C#N)cn4)C3)C2=O)cc1.N#Cc1ccc(N2CC(=O)N(Cc3ccc(C(F)(F)F)cc3)C3(CNC3)C2=O)cc1. The number of piperazine rings is 2. The lowest BCUT2D eigenvalue weighted by Gasteiger charge is -2.58. The van der Waals surface area contributed by atoms with Gasteiger partial charge in [0.1, 0.15) is 30.5 Å². The van der Waals surface area contributed by atoms with E-state index in [1.165, 1.54) is 50.1 Å². The molecule has 0 saturated carbocycles. The van der Waals surface area contributed by atoms with Crippen LogP contribution in [0.2, 0.25) is 0 Å². The monoisotopic (exact) mass is 946 g/mol. The molecule has 0 unspecified atom stereocenters. The Morgan fingerprint density at radius 3 is 1.29 bits per heavy atom. The number of hydrogen-bond acceptors (Lipinski definition) is 10. The molecule has 1 N–H and O–H groups in total. The molecule has 4 saturated heterocycles. The maximum Gasteiger partial charge on any atom is 0.416 e. The minimum absolute atomic E-state index is 0. The topological polar surface area (TPSA) is 181 Å². The van der Waals surface area contributed by atoms with E-state index in [0.717, 1.165) is 24.3 Å². The van der Waals surface area contributed by atoms with Gasteiger partial charge in [0.05, 0.1) is 53.0 Å². The van der Waals surface area contributed by atoms with E-state index in [1.807, 2.05) is 18.2 Å². The van der Waals surface area contributed by atoms with Crippen LogP contribution in [-0.4, -0.2) is 88.8 Å². The summed E-state index contributed by atoms with van der Waals surface area (Å²) in [5.74, 6) is -0.711. The number of carbonyl (C=O) groups is 4. The average molecular weight is 947 g/mol. The van der Waals surface area contributed by atoms with E-state index in [0.29, 0.717) is 45.0 Å². The van der Waals surface area contributed by atoms with Crippen LogP contribution in [0.3, 0.4) is 0 Å². The number of rotatable bonds is 7. The van der Waals surface area contributed by atoms with Crippen molar-refractivity contribution < 1.29 is 45.5 Å². The minimum Gasteiger partial charge on any atom is -0.351 e. The van der Waals surface area contributed by atoms with Crippen molar-refractivity contribution in [1.82, 2.24) is 20.1 Å². The summed E-state index contributed by atoms with van der Waals surface area (Å²) in [5.41, 5.74) is -0.730. The minimum atomic E-state index is -4.49. The third kappa shape index (κ3) is 9.37. The van der Waals surface area contributed by atoms with Crippen LogP contribution in [0.5, 0.6) is 0 Å². The standard InChI is InChI=1S/C27H19F3N6O2.C21H17F3N4O2.CH4/c28-27(29,30)21-6-1-19(2-7-21)14-36-24(37)15-35(22-8-3-18(11-31)4-9-22)25(38)26(36)16-34(17-26)23-10-5-20(12-32)13-33-23;22-21(23,24)16-5-1-15(2-6-16)10-28-18(29)11-27(19(30)20(28)12-26-13-20)17-7-3-14(9-25)4-8-17;/h1-10,13H,14-17H2;1-8,26H,10-13H2;1H4. The predicted octanol–water partition coefficient (Wildman–Crippen LogP) is 6.41. The second-order valence-corrected chi connectivity index (χ2v) is 16.5. The van der Waals surface area contributed by atoms with Crippen molar-refractivity contribution in [3.8, 4) is 18.2 Å². The Kier molecular flexibility index (Phi) is 13.2. The zero-order valence-corrected chi connectivity index (χ0v) is 35.6. The molecule has 5 heterocycles. The molecule has 0 atom stereocenters. The third-order valence-electron chi connectivity index (χ3n) is 12.3. The number of amides is 4. The van der Waals surface area contributed by atoms with Crippen molar-refractivity contribution in [3.05, 3.63) is 154 Å². The summed E-state index contributed by atoms with van der Waals surface area (Å²) in [4.78, 5) is 65.3. The number of anilines is 3. The van der Waals surface area contributed by atoms with E-state index in [9.17, 15) is 45.5 Å². The molecular formula is C49H40F6N10O4. The van der Waals surface area contributed by atoms with E-state index < -0.39 is 34.6 Å². The summed E-state index contributed by atoms with van der Waals surface area (Å²) < 4.78 is 77.4. The molecule has 5 aromatic rings. The van der Waals surface area contributed by atoms with Gasteiger partial charge in [0.15, 0.2) is 5.54 Å². The number of aromatic nitrogens is 1. The van der Waals surface area contributed by atoms with E-state index in [1.54, 1.807) is 65.6 Å². The number of pyridine rings is 1. The van der Waals surface area contributed by atoms with Crippen molar-refractivity contribution in [3.63, 3.8) is 0 Å². The normalized spacial score (nSPS) is 17.2. The highest BCUT2D eigenvalue weighted by molar-refractivity contribution is 6.11. The van der Waals surface area contributed by atoms with Gasteiger partial charge in [-0.05, 0) is 96.1 Å². The number of nitrogens with one attached hydrogen (secondary N) is 1. The quantitative estimate of drug-likeness (QED) is 0.179. The first-order chi connectivity index (χ1) is 32.4. The van der Waals surface area contributed by atoms with Crippen molar-refractivity contribution >= 4 is 40.8 Å². The van der Waals surface area contributed by atoms with E-state index in [-0.39, 0.29) is 83.4 Å². The van der Waals surface area contributed by atoms with Crippen LogP contribution in [0.4, 0.5) is 43.5 Å². The predicted molar refractivity (Wildman–Crippen MR) is 237 cm³/mol. The molecule has 0 aliphatic carbocycles. The summed E-state index contributed by atoms with van der Waals surface area (Å²) >= 11 is 0. The Bertz CT molecular complexity index is 2880. The molecule has 2 spiro atoms. The first-order valence-electron chi connectivity index (χ1n) is 20.8. The summed E-state index contributed by atoms with van der Waals surface area (Å²) in [7, 11) is 0. The number of hydrogen-bond donors (Lipinski definition) is 1. The summed E-state index contributed by atoms with van der Waals surface area (Å²) in [6.45, 7) is 0.350. The van der Waals surface area contributed by atoms with Crippen LogP contribution in [0.15, 0.2) is 115 Å². The maximum atomic E-state index is 13.9. The highest BCUT2D eigenvalue weighted by Crippen LogP contribution is 2.40. The molecule has 69 heavy (non-hydrogen) atoms. The number of alkyl halides is 6. The summed E-state index contributed by atoms with van der Waals surface area (Å²) in [5, 5.41) is 30.1. The molecule has 4 aliphatic heterocycles. The number of halogens is 6. The van der Waals surface area contributed by atoms with Crippen LogP contribution in [0, 0.1) is 34.0 Å². The fourth-order valence-corrected chi connectivity index (χ4v) is 8.48. The molecule has 352 valence electrons. The second-order valence-electron chi connectivity index (χ2n) is 16.5. The van der Waals surface area contributed by atoms with Gasteiger partial charge in [0.2, 0.25) is 11.8 Å². The van der Waals surface area contributed by atoms with Gasteiger partial charge in [-0.1, -0.05) is 31.7 Å². The molecule has 0 radical (unpaired) electrons. The molecule has 4 aliphatic rings. The van der Waals surface area contributed by atoms with Crippen molar-refractivity contribution in [1.29, 1.82) is 15.8 Å². The van der Waals surface area contributed by atoms with Crippen molar-refractivity contribution in [2.45, 2.75) is 43.9 Å². The summed E-state index contributed by atoms with van der Waals surface area (Å²) in [6.07, 6.45) is -7.51. The van der Waals surface area contributed by atoms with Crippen LogP contribution in [-0.2, 0) is 44.6 Å². The first kappa shape index (κ1) is 48.6. The first-order valence-corrected chi connectivity index (χ1v) is 20.8. The zero-order valence-electron chi connectivity index (χ0n) is 35.6. The van der Waals surface area contributed by atoms with Gasteiger partial charge in [-0.3, -0.25) is 19.2 Å². The van der Waals surface area contributed by atoms with Gasteiger partial charge < -0.3 is 29.8 Å². The second kappa shape index (κ2) is 18.8. The van der Waals surface area contributed by atoms with Crippen molar-refractivity contribution in [2.75, 3.05) is 54.0 Å². The smallest absolute Gasteiger partial charge is 0.351 e. The molecule has 4 amide bonds. The van der Waals surface area contributed by atoms with E-state index in [4.69, 9.17) is 15.8 Å². The van der Waals surface area contributed by atoms with Gasteiger partial charge in [-0.2, -0.15) is 42.1 Å². The van der Waals surface area contributed by atoms with Gasteiger partial charge >= 0.3 is 12.4 Å². The molecule has 4 fully saturated rings. The van der Waals surface area contributed by atoms with E-state index in [2.05, 4.69) is 10.3 Å². The molecule has 4 aromatic carbocycles. The number of benzene rings is 4. The third-order valence-corrected chi connectivity index (χ3v) is 12.3. The van der Waals surface area contributed by atoms with Crippen LogP contribution in [0.1, 0.15) is 46.4 Å². The largest absolute Gasteiger partial charge is 0.416 e. The Balaban J connectivity index is 0.000000206. The van der Waals surface area contributed by atoms with Crippen molar-refractivity contribution in [2.24, 2.45) is 0 Å². The fraction of sp³-hybridized carbons (Fsp3) is 0.265. The molecular weight excluding hydrogens is 907 g/mol. The van der Waals surface area contributed by atoms with Crippen LogP contribution >= 0.6 is 0 Å². The number of carbonyl (C=O) groups excluding carboxylic acids is 4. The van der Waals surface area contributed by atoms with Crippen LogP contribution < -0.4 is 20.0 Å². The van der Waals surface area contributed by atoms with Gasteiger partial charge in [-0.15, -0.1) is 0 Å². The Morgan fingerprint density at radius 1 is 0.551 bits per heavy atom. The zero-order chi connectivity index (χ0) is 48.6. The van der Waals surface area contributed by atoms with Gasteiger partial charge in [0, 0.05) is 43.8 Å².